The van der Waals surface area contributed by atoms with Gasteiger partial charge in [0.15, 0.2) is 11.5 Å². The molecule has 0 radical (unpaired) electrons. The molecule has 28 heavy (non-hydrogen) atoms. The van der Waals surface area contributed by atoms with Crippen LogP contribution in [0.15, 0.2) is 42.5 Å². The summed E-state index contributed by atoms with van der Waals surface area (Å²) >= 11 is 0. The number of benzene rings is 2. The average Bonchev–Trinajstić information content (AvgIpc) is 3.37. The lowest BCUT2D eigenvalue weighted by Crippen LogP contribution is -2.45. The van der Waals surface area contributed by atoms with E-state index >= 15 is 0 Å². The summed E-state index contributed by atoms with van der Waals surface area (Å²) in [6, 6.07) is 15.9. The first-order valence-electron chi connectivity index (χ1n) is 10.1. The van der Waals surface area contributed by atoms with E-state index in [2.05, 4.69) is 64.5 Å². The third kappa shape index (κ3) is 3.49. The Bertz CT molecular complexity index is 843. The highest BCUT2D eigenvalue weighted by Crippen LogP contribution is 2.36. The van der Waals surface area contributed by atoms with Crippen LogP contribution in [0.1, 0.15) is 22.7 Å². The Morgan fingerprint density at radius 2 is 1.93 bits per heavy atom. The number of hydrogen-bond donors (Lipinski definition) is 3. The van der Waals surface area contributed by atoms with Crippen molar-refractivity contribution in [1.82, 2.24) is 21.1 Å². The second-order valence-electron chi connectivity index (χ2n) is 8.08. The number of ether oxygens (including phenoxy) is 2. The highest BCUT2D eigenvalue weighted by molar-refractivity contribution is 5.45. The largest absolute Gasteiger partial charge is 0.454 e. The van der Waals surface area contributed by atoms with Crippen molar-refractivity contribution in [1.29, 1.82) is 0 Å². The van der Waals surface area contributed by atoms with Crippen molar-refractivity contribution in [2.24, 2.45) is 5.92 Å². The van der Waals surface area contributed by atoms with Crippen LogP contribution in [0.4, 0.5) is 0 Å². The predicted octanol–water partition coefficient (Wildman–Crippen LogP) is 1.83. The molecule has 3 atom stereocenters. The van der Waals surface area contributed by atoms with E-state index in [1.54, 1.807) is 0 Å². The Kier molecular flexibility index (Phi) is 4.94. The van der Waals surface area contributed by atoms with Crippen molar-refractivity contribution in [2.45, 2.75) is 25.0 Å². The van der Waals surface area contributed by atoms with E-state index in [0.29, 0.717) is 18.8 Å². The van der Waals surface area contributed by atoms with Gasteiger partial charge in [-0.1, -0.05) is 30.3 Å². The van der Waals surface area contributed by atoms with Crippen molar-refractivity contribution < 1.29 is 9.47 Å². The fraction of sp³-hybridized carbons (Fsp3) is 0.455. The molecule has 3 aliphatic rings. The average molecular weight is 380 g/mol. The molecule has 2 aromatic rings. The Labute approximate surface area is 166 Å². The summed E-state index contributed by atoms with van der Waals surface area (Å²) in [6.45, 7) is 4.29. The van der Waals surface area contributed by atoms with E-state index in [1.807, 2.05) is 6.07 Å². The van der Waals surface area contributed by atoms with Crippen molar-refractivity contribution in [3.05, 3.63) is 59.2 Å². The molecule has 2 aromatic carbocycles. The van der Waals surface area contributed by atoms with Crippen molar-refractivity contribution in [2.75, 3.05) is 33.5 Å². The summed E-state index contributed by atoms with van der Waals surface area (Å²) < 4.78 is 11.0. The maximum Gasteiger partial charge on any atom is 0.231 e. The van der Waals surface area contributed by atoms with Gasteiger partial charge in [-0.2, -0.15) is 0 Å². The van der Waals surface area contributed by atoms with Crippen LogP contribution in [0, 0.1) is 5.92 Å². The summed E-state index contributed by atoms with van der Waals surface area (Å²) in [4.78, 5) is 2.47. The number of hydrogen-bond acceptors (Lipinski definition) is 6. The number of likely N-dealkylation sites (N-methyl/N-ethyl adjacent to an activating group) is 1. The lowest BCUT2D eigenvalue weighted by molar-refractivity contribution is 0.174. The van der Waals surface area contributed by atoms with Gasteiger partial charge in [-0.05, 0) is 42.3 Å². The number of nitrogens with one attached hydrogen (secondary N) is 3. The molecular weight excluding hydrogens is 352 g/mol. The second-order valence-corrected chi connectivity index (χ2v) is 8.08. The molecule has 5 rings (SSSR count). The minimum Gasteiger partial charge on any atom is -0.454 e. The molecule has 6 heteroatoms. The van der Waals surface area contributed by atoms with Gasteiger partial charge in [-0.25, -0.2) is 5.43 Å². The third-order valence-electron chi connectivity index (χ3n) is 6.25. The molecule has 1 saturated heterocycles. The number of rotatable bonds is 5. The van der Waals surface area contributed by atoms with E-state index in [4.69, 9.17) is 9.47 Å². The van der Waals surface area contributed by atoms with Crippen molar-refractivity contribution >= 4 is 0 Å². The molecule has 1 fully saturated rings. The number of fused-ring (bicyclic) bond motifs is 2. The summed E-state index contributed by atoms with van der Waals surface area (Å²) in [6.07, 6.45) is 1.12. The molecule has 0 bridgehead atoms. The van der Waals surface area contributed by atoms with Crippen LogP contribution in [-0.4, -0.2) is 44.4 Å². The Morgan fingerprint density at radius 3 is 2.86 bits per heavy atom. The van der Waals surface area contributed by atoms with E-state index in [9.17, 15) is 0 Å². The molecule has 3 unspecified atom stereocenters. The SMILES string of the molecule is CN1Cc2ccccc2CC1CNCC1CNNC1c1ccc2c(c1)OCO2. The van der Waals surface area contributed by atoms with Crippen LogP contribution >= 0.6 is 0 Å². The summed E-state index contributed by atoms with van der Waals surface area (Å²) in [7, 11) is 2.23. The highest BCUT2D eigenvalue weighted by atomic mass is 16.7. The Morgan fingerprint density at radius 1 is 1.07 bits per heavy atom. The van der Waals surface area contributed by atoms with Gasteiger partial charge in [0.05, 0.1) is 6.04 Å². The maximum absolute atomic E-state index is 5.54. The van der Waals surface area contributed by atoms with Gasteiger partial charge >= 0.3 is 0 Å². The number of hydrazine groups is 1. The fourth-order valence-corrected chi connectivity index (χ4v) is 4.57. The molecule has 6 nitrogen and oxygen atoms in total. The lowest BCUT2D eigenvalue weighted by atomic mass is 9.93. The van der Waals surface area contributed by atoms with Crippen LogP contribution in [0.5, 0.6) is 11.5 Å². The second kappa shape index (κ2) is 7.72. The standard InChI is InChI=1S/C22H28N4O2/c1-26-13-17-5-3-2-4-15(17)8-19(26)12-23-10-18-11-24-25-22(18)16-6-7-20-21(9-16)28-14-27-20/h2-7,9,18-19,22-25H,8,10-14H2,1H3. The van der Waals surface area contributed by atoms with Crippen molar-refractivity contribution in [3.8, 4) is 11.5 Å². The third-order valence-corrected chi connectivity index (χ3v) is 6.25. The first-order chi connectivity index (χ1) is 13.8. The highest BCUT2D eigenvalue weighted by Gasteiger charge is 2.30. The summed E-state index contributed by atoms with van der Waals surface area (Å²) in [5.41, 5.74) is 11.0. The van der Waals surface area contributed by atoms with Crippen LogP contribution in [0.2, 0.25) is 0 Å². The molecule has 0 aromatic heterocycles. The zero-order valence-electron chi connectivity index (χ0n) is 16.3. The van der Waals surface area contributed by atoms with Gasteiger partial charge < -0.3 is 14.8 Å². The topological polar surface area (TPSA) is 57.8 Å². The Balaban J connectivity index is 1.19. The van der Waals surface area contributed by atoms with Gasteiger partial charge in [0.25, 0.3) is 0 Å². The number of nitrogens with zero attached hydrogens (tertiary/aromatic N) is 1. The summed E-state index contributed by atoms with van der Waals surface area (Å²) in [5, 5.41) is 3.73. The minimum atomic E-state index is 0.270. The smallest absolute Gasteiger partial charge is 0.231 e. The van der Waals surface area contributed by atoms with E-state index in [-0.39, 0.29) is 6.04 Å². The normalized spacial score (nSPS) is 26.4. The van der Waals surface area contributed by atoms with Crippen LogP contribution < -0.4 is 25.6 Å². The molecule has 0 amide bonds. The van der Waals surface area contributed by atoms with E-state index in [0.717, 1.165) is 44.1 Å². The summed E-state index contributed by atoms with van der Waals surface area (Å²) in [5.74, 6) is 2.17. The molecule has 3 heterocycles. The van der Waals surface area contributed by atoms with Gasteiger partial charge in [-0.3, -0.25) is 10.3 Å². The van der Waals surface area contributed by atoms with Gasteiger partial charge in [0, 0.05) is 38.1 Å². The molecule has 0 aliphatic carbocycles. The minimum absolute atomic E-state index is 0.270. The quantitative estimate of drug-likeness (QED) is 0.736. The van der Waals surface area contributed by atoms with Gasteiger partial charge in [0.2, 0.25) is 6.79 Å². The maximum atomic E-state index is 5.54. The van der Waals surface area contributed by atoms with E-state index < -0.39 is 0 Å². The molecule has 0 spiro atoms. The van der Waals surface area contributed by atoms with Crippen LogP contribution in [-0.2, 0) is 13.0 Å². The first-order valence-corrected chi connectivity index (χ1v) is 10.1. The molecule has 3 aliphatic heterocycles. The molecule has 148 valence electrons. The Hall–Kier alpha value is -2.12. The van der Waals surface area contributed by atoms with Gasteiger partial charge in [0.1, 0.15) is 0 Å². The fourth-order valence-electron chi connectivity index (χ4n) is 4.57. The van der Waals surface area contributed by atoms with E-state index in [1.165, 1.54) is 16.7 Å². The predicted molar refractivity (Wildman–Crippen MR) is 108 cm³/mol. The van der Waals surface area contributed by atoms with Crippen LogP contribution in [0.3, 0.4) is 0 Å². The molecule has 3 N–H and O–H groups in total. The lowest BCUT2D eigenvalue weighted by Gasteiger charge is -2.34. The molecular formula is C22H28N4O2. The van der Waals surface area contributed by atoms with Gasteiger partial charge in [-0.15, -0.1) is 0 Å². The zero-order chi connectivity index (χ0) is 18.9. The zero-order valence-corrected chi connectivity index (χ0v) is 16.3. The monoisotopic (exact) mass is 380 g/mol. The van der Waals surface area contributed by atoms with Crippen LogP contribution in [0.25, 0.3) is 0 Å². The van der Waals surface area contributed by atoms with Crippen molar-refractivity contribution in [3.63, 3.8) is 0 Å². The first kappa shape index (κ1) is 17.9. The molecule has 0 saturated carbocycles.